The van der Waals surface area contributed by atoms with Crippen molar-refractivity contribution < 1.29 is 18.0 Å². The van der Waals surface area contributed by atoms with Crippen molar-refractivity contribution in [2.45, 2.75) is 50.4 Å². The summed E-state index contributed by atoms with van der Waals surface area (Å²) in [4.78, 5) is 25.7. The number of likely N-dealkylation sites (N-methyl/N-ethyl adjacent to an activating group) is 1. The lowest BCUT2D eigenvalue weighted by Gasteiger charge is -2.39. The van der Waals surface area contributed by atoms with Crippen molar-refractivity contribution in [3.8, 4) is 6.07 Å². The Morgan fingerprint density at radius 2 is 2.00 bits per heavy atom. The van der Waals surface area contributed by atoms with Crippen molar-refractivity contribution >= 4 is 17.5 Å². The van der Waals surface area contributed by atoms with Gasteiger partial charge in [-0.25, -0.2) is 0 Å². The smallest absolute Gasteiger partial charge is 0.325 e. The van der Waals surface area contributed by atoms with Gasteiger partial charge < -0.3 is 9.47 Å². The summed E-state index contributed by atoms with van der Waals surface area (Å²) >= 11 is 5.58. The van der Waals surface area contributed by atoms with E-state index in [2.05, 4.69) is 6.07 Å². The molecule has 0 bridgehead atoms. The molecule has 1 fully saturated rings. The zero-order valence-corrected chi connectivity index (χ0v) is 14.3. The second kappa shape index (κ2) is 7.08. The van der Waals surface area contributed by atoms with E-state index in [1.807, 2.05) is 0 Å². The Hall–Kier alpha value is -2.01. The van der Waals surface area contributed by atoms with Gasteiger partial charge in [0, 0.05) is 13.2 Å². The van der Waals surface area contributed by atoms with Gasteiger partial charge in [-0.05, 0) is 18.9 Å². The Bertz CT molecular complexity index is 761. The van der Waals surface area contributed by atoms with Crippen LogP contribution in [0.5, 0.6) is 0 Å². The van der Waals surface area contributed by atoms with Crippen LogP contribution in [0.3, 0.4) is 0 Å². The van der Waals surface area contributed by atoms with Gasteiger partial charge in [0.25, 0.3) is 5.56 Å². The second-order valence-electron chi connectivity index (χ2n) is 6.16. The lowest BCUT2D eigenvalue weighted by molar-refractivity contribution is -0.139. The van der Waals surface area contributed by atoms with Crippen molar-refractivity contribution in [1.82, 2.24) is 9.47 Å². The van der Waals surface area contributed by atoms with E-state index < -0.39 is 40.3 Å². The number of nitrogens with zero attached hydrogens (tertiary/aromatic N) is 3. The molecular weight excluding hydrogens is 359 g/mol. The van der Waals surface area contributed by atoms with Crippen LogP contribution >= 0.6 is 11.6 Å². The van der Waals surface area contributed by atoms with Crippen LogP contribution in [0.2, 0.25) is 5.02 Å². The number of carbonyl (C=O) groups excluding carboxylic acids is 1. The summed E-state index contributed by atoms with van der Waals surface area (Å²) in [5.74, 6) is -0.610. The Morgan fingerprint density at radius 3 is 2.52 bits per heavy atom. The summed E-state index contributed by atoms with van der Waals surface area (Å²) in [6.45, 7) is -0.609. The molecule has 1 heterocycles. The molecule has 1 aliphatic carbocycles. The summed E-state index contributed by atoms with van der Waals surface area (Å²) in [5, 5.41) is 8.88. The number of amides is 1. The molecule has 9 heteroatoms. The van der Waals surface area contributed by atoms with Crippen molar-refractivity contribution in [1.29, 1.82) is 5.26 Å². The fraction of sp³-hybridized carbons (Fsp3) is 0.562. The van der Waals surface area contributed by atoms with Gasteiger partial charge in [0.2, 0.25) is 5.91 Å². The topological polar surface area (TPSA) is 66.1 Å². The van der Waals surface area contributed by atoms with E-state index in [0.717, 1.165) is 19.3 Å². The highest BCUT2D eigenvalue weighted by molar-refractivity contribution is 6.30. The summed E-state index contributed by atoms with van der Waals surface area (Å²) in [6, 6.07) is 2.69. The predicted octanol–water partition coefficient (Wildman–Crippen LogP) is 3.21. The van der Waals surface area contributed by atoms with Gasteiger partial charge in [-0.15, -0.1) is 0 Å². The maximum absolute atomic E-state index is 12.9. The van der Waals surface area contributed by atoms with Crippen LogP contribution in [0.25, 0.3) is 0 Å². The molecule has 1 amide bonds. The fourth-order valence-electron chi connectivity index (χ4n) is 3.02. The number of hydrogen-bond donors (Lipinski definition) is 0. The second-order valence-corrected chi connectivity index (χ2v) is 6.57. The van der Waals surface area contributed by atoms with E-state index in [1.54, 1.807) is 0 Å². The molecule has 1 aromatic heterocycles. The summed E-state index contributed by atoms with van der Waals surface area (Å²) in [7, 11) is 1.44. The normalized spacial score (nSPS) is 17.0. The molecule has 1 saturated carbocycles. The first kappa shape index (κ1) is 19.3. The average Bonchev–Trinajstić information content (AvgIpc) is 2.57. The monoisotopic (exact) mass is 375 g/mol. The molecule has 5 nitrogen and oxygen atoms in total. The highest BCUT2D eigenvalue weighted by Crippen LogP contribution is 2.33. The molecule has 0 spiro atoms. The molecule has 0 radical (unpaired) electrons. The van der Waals surface area contributed by atoms with Crippen molar-refractivity contribution in [3.63, 3.8) is 0 Å². The Morgan fingerprint density at radius 1 is 1.40 bits per heavy atom. The van der Waals surface area contributed by atoms with Crippen LogP contribution in [0.1, 0.15) is 37.7 Å². The minimum absolute atomic E-state index is 0.504. The third kappa shape index (κ3) is 3.98. The molecule has 1 aromatic rings. The third-order valence-corrected chi connectivity index (χ3v) is 4.85. The molecule has 25 heavy (non-hydrogen) atoms. The van der Waals surface area contributed by atoms with Crippen LogP contribution in [0, 0.1) is 11.3 Å². The number of halogens is 4. The van der Waals surface area contributed by atoms with E-state index in [1.165, 1.54) is 11.9 Å². The molecule has 0 aromatic carbocycles. The van der Waals surface area contributed by atoms with Gasteiger partial charge in [0.05, 0.1) is 11.6 Å². The van der Waals surface area contributed by atoms with Crippen LogP contribution in [-0.2, 0) is 17.5 Å². The van der Waals surface area contributed by atoms with E-state index in [9.17, 15) is 28.0 Å². The third-order valence-electron chi connectivity index (χ3n) is 4.58. The summed E-state index contributed by atoms with van der Waals surface area (Å²) < 4.78 is 39.2. The Kier molecular flexibility index (Phi) is 5.47. The molecule has 1 aliphatic rings. The highest BCUT2D eigenvalue weighted by Gasteiger charge is 2.39. The van der Waals surface area contributed by atoms with Crippen LogP contribution in [0.4, 0.5) is 13.2 Å². The molecule has 136 valence electrons. The van der Waals surface area contributed by atoms with Gasteiger partial charge in [0.1, 0.15) is 17.1 Å². The van der Waals surface area contributed by atoms with E-state index in [0.29, 0.717) is 29.7 Å². The number of rotatable bonds is 3. The molecular formula is C16H17ClF3N3O2. The molecule has 0 N–H and O–H groups in total. The largest absolute Gasteiger partial charge is 0.417 e. The van der Waals surface area contributed by atoms with Crippen LogP contribution in [0.15, 0.2) is 17.1 Å². The Balaban J connectivity index is 2.30. The molecule has 0 atom stereocenters. The van der Waals surface area contributed by atoms with Crippen LogP contribution in [-0.4, -0.2) is 28.0 Å². The number of carbonyl (C=O) groups is 1. The first-order valence-corrected chi connectivity index (χ1v) is 8.13. The van der Waals surface area contributed by atoms with Gasteiger partial charge in [-0.2, -0.15) is 18.4 Å². The van der Waals surface area contributed by atoms with Crippen LogP contribution < -0.4 is 5.56 Å². The first-order chi connectivity index (χ1) is 11.6. The van der Waals surface area contributed by atoms with Crippen molar-refractivity contribution in [2.24, 2.45) is 0 Å². The number of alkyl halides is 3. The summed E-state index contributed by atoms with van der Waals surface area (Å²) in [6.07, 6.45) is -0.561. The SMILES string of the molecule is CN(C(=O)Cn1cc(C(F)(F)F)cc(Cl)c1=O)C1(C#N)CCCCC1. The minimum Gasteiger partial charge on any atom is -0.325 e. The van der Waals surface area contributed by atoms with Gasteiger partial charge in [-0.1, -0.05) is 30.9 Å². The zero-order valence-electron chi connectivity index (χ0n) is 13.6. The maximum atomic E-state index is 12.9. The standard InChI is InChI=1S/C16H17ClF3N3O2/c1-22(15(10-21)5-3-2-4-6-15)13(24)9-23-8-11(16(18,19)20)7-12(17)14(23)25/h7-8H,2-6,9H2,1H3. The van der Waals surface area contributed by atoms with Crippen molar-refractivity contribution in [2.75, 3.05) is 7.05 Å². The molecule has 2 rings (SSSR count). The van der Waals surface area contributed by atoms with Gasteiger partial charge in [0.15, 0.2) is 0 Å². The van der Waals surface area contributed by atoms with Crippen molar-refractivity contribution in [3.05, 3.63) is 33.2 Å². The minimum atomic E-state index is -4.69. The zero-order chi connectivity index (χ0) is 18.8. The Labute approximate surface area is 147 Å². The molecule has 0 aliphatic heterocycles. The van der Waals surface area contributed by atoms with E-state index >= 15 is 0 Å². The van der Waals surface area contributed by atoms with Gasteiger partial charge in [-0.3, -0.25) is 9.59 Å². The number of nitriles is 1. The predicted molar refractivity (Wildman–Crippen MR) is 84.9 cm³/mol. The lowest BCUT2D eigenvalue weighted by Crippen LogP contribution is -2.51. The average molecular weight is 376 g/mol. The number of aromatic nitrogens is 1. The number of pyridine rings is 1. The quantitative estimate of drug-likeness (QED) is 0.814. The van der Waals surface area contributed by atoms with E-state index in [-0.39, 0.29) is 0 Å². The summed E-state index contributed by atoms with van der Waals surface area (Å²) in [5.41, 5.74) is -2.98. The molecule has 0 saturated heterocycles. The maximum Gasteiger partial charge on any atom is 0.417 e. The first-order valence-electron chi connectivity index (χ1n) is 7.76. The highest BCUT2D eigenvalue weighted by atomic mass is 35.5. The fourth-order valence-corrected chi connectivity index (χ4v) is 3.25. The van der Waals surface area contributed by atoms with E-state index in [4.69, 9.17) is 11.6 Å². The lowest BCUT2D eigenvalue weighted by atomic mass is 9.81. The van der Waals surface area contributed by atoms with Gasteiger partial charge >= 0.3 is 6.18 Å². The number of hydrogen-bond acceptors (Lipinski definition) is 3. The molecule has 0 unspecified atom stereocenters.